The van der Waals surface area contributed by atoms with E-state index in [1.807, 2.05) is 0 Å². The zero-order chi connectivity index (χ0) is 11.6. The molecule has 0 saturated carbocycles. The molecule has 0 aliphatic carbocycles. The highest BCUT2D eigenvalue weighted by molar-refractivity contribution is 7.92. The zero-order valence-corrected chi connectivity index (χ0v) is 9.18. The number of primary amides is 1. The Morgan fingerprint density at radius 1 is 1.40 bits per heavy atom. The van der Waals surface area contributed by atoms with Crippen LogP contribution < -0.4 is 11.5 Å². The normalized spacial score (nSPS) is 11.3. The number of amides is 1. The minimum Gasteiger partial charge on any atom is -0.398 e. The van der Waals surface area contributed by atoms with Crippen LogP contribution in [0.1, 0.15) is 0 Å². The van der Waals surface area contributed by atoms with Crippen LogP contribution in [0.4, 0.5) is 5.69 Å². The first-order valence-corrected chi connectivity index (χ1v) is 5.92. The predicted molar refractivity (Wildman–Crippen MR) is 57.1 cm³/mol. The summed E-state index contributed by atoms with van der Waals surface area (Å²) in [5, 5.41) is 0.126. The van der Waals surface area contributed by atoms with Crippen LogP contribution in [-0.2, 0) is 14.6 Å². The van der Waals surface area contributed by atoms with Gasteiger partial charge in [0.2, 0.25) is 5.91 Å². The van der Waals surface area contributed by atoms with Crippen LogP contribution in [0.5, 0.6) is 0 Å². The number of rotatable bonds is 3. The molecule has 0 saturated heterocycles. The quantitative estimate of drug-likeness (QED) is 0.745. The van der Waals surface area contributed by atoms with Crippen LogP contribution in [0.3, 0.4) is 0 Å². The van der Waals surface area contributed by atoms with E-state index >= 15 is 0 Å². The van der Waals surface area contributed by atoms with E-state index < -0.39 is 21.5 Å². The fraction of sp³-hybridized carbons (Fsp3) is 0.125. The standard InChI is InChI=1S/C8H9ClN2O3S/c9-6-3-5(1-2-7(6)10)15(13,14)4-8(11)12/h1-3H,4,10H2,(H2,11,12). The van der Waals surface area contributed by atoms with Gasteiger partial charge in [0.05, 0.1) is 15.6 Å². The summed E-state index contributed by atoms with van der Waals surface area (Å²) in [6.45, 7) is 0. The number of benzene rings is 1. The van der Waals surface area contributed by atoms with E-state index in [1.165, 1.54) is 18.2 Å². The van der Waals surface area contributed by atoms with Crippen molar-refractivity contribution in [3.63, 3.8) is 0 Å². The number of sulfone groups is 1. The molecule has 0 spiro atoms. The van der Waals surface area contributed by atoms with Crippen molar-refractivity contribution in [2.45, 2.75) is 4.90 Å². The van der Waals surface area contributed by atoms with E-state index in [-0.39, 0.29) is 15.6 Å². The molecule has 0 heterocycles. The summed E-state index contributed by atoms with van der Waals surface area (Å²) in [4.78, 5) is 10.5. The van der Waals surface area contributed by atoms with Gasteiger partial charge in [-0.1, -0.05) is 11.6 Å². The Kier molecular flexibility index (Phi) is 3.21. The van der Waals surface area contributed by atoms with Crippen molar-refractivity contribution < 1.29 is 13.2 Å². The van der Waals surface area contributed by atoms with E-state index in [4.69, 9.17) is 23.1 Å². The van der Waals surface area contributed by atoms with Crippen molar-refractivity contribution in [1.29, 1.82) is 0 Å². The molecule has 1 aromatic rings. The maximum atomic E-state index is 11.5. The van der Waals surface area contributed by atoms with Crippen molar-refractivity contribution in [2.24, 2.45) is 5.73 Å². The van der Waals surface area contributed by atoms with Gasteiger partial charge in [0.1, 0.15) is 5.75 Å². The van der Waals surface area contributed by atoms with Gasteiger partial charge < -0.3 is 11.5 Å². The Morgan fingerprint density at radius 3 is 2.47 bits per heavy atom. The van der Waals surface area contributed by atoms with Crippen molar-refractivity contribution >= 4 is 33.0 Å². The Hall–Kier alpha value is -1.27. The van der Waals surface area contributed by atoms with Gasteiger partial charge in [-0.3, -0.25) is 4.79 Å². The highest BCUT2D eigenvalue weighted by Gasteiger charge is 2.18. The molecule has 1 amide bonds. The van der Waals surface area contributed by atoms with E-state index in [0.29, 0.717) is 0 Å². The van der Waals surface area contributed by atoms with E-state index in [2.05, 4.69) is 0 Å². The minimum absolute atomic E-state index is 0.0690. The molecule has 0 aromatic heterocycles. The maximum Gasteiger partial charge on any atom is 0.233 e. The van der Waals surface area contributed by atoms with Crippen LogP contribution in [0.25, 0.3) is 0 Å². The highest BCUT2D eigenvalue weighted by Crippen LogP contribution is 2.22. The fourth-order valence-electron chi connectivity index (χ4n) is 0.972. The Balaban J connectivity index is 3.17. The summed E-state index contributed by atoms with van der Waals surface area (Å²) in [5.41, 5.74) is 10.5. The summed E-state index contributed by atoms with van der Waals surface area (Å²) < 4.78 is 23.0. The van der Waals surface area contributed by atoms with Gasteiger partial charge in [0, 0.05) is 0 Å². The molecule has 82 valence electrons. The molecule has 4 N–H and O–H groups in total. The zero-order valence-electron chi connectivity index (χ0n) is 7.60. The highest BCUT2D eigenvalue weighted by atomic mass is 35.5. The second-order valence-electron chi connectivity index (χ2n) is 2.91. The lowest BCUT2D eigenvalue weighted by molar-refractivity contribution is -0.115. The van der Waals surface area contributed by atoms with Gasteiger partial charge >= 0.3 is 0 Å². The third-order valence-electron chi connectivity index (χ3n) is 1.66. The number of hydrogen-bond donors (Lipinski definition) is 2. The Bertz CT molecular complexity index is 499. The summed E-state index contributed by atoms with van der Waals surface area (Å²) in [5.74, 6) is -1.66. The number of nitrogen functional groups attached to an aromatic ring is 1. The molecule has 0 aliphatic heterocycles. The number of hydrogen-bond acceptors (Lipinski definition) is 4. The minimum atomic E-state index is -3.71. The molecule has 0 atom stereocenters. The number of anilines is 1. The first-order valence-electron chi connectivity index (χ1n) is 3.89. The maximum absolute atomic E-state index is 11.5. The molecule has 5 nitrogen and oxygen atoms in total. The smallest absolute Gasteiger partial charge is 0.233 e. The van der Waals surface area contributed by atoms with E-state index in [1.54, 1.807) is 0 Å². The summed E-state index contributed by atoms with van der Waals surface area (Å²) >= 11 is 5.65. The molecular weight excluding hydrogens is 240 g/mol. The molecule has 1 aromatic carbocycles. The van der Waals surface area contributed by atoms with Crippen LogP contribution in [0.15, 0.2) is 23.1 Å². The largest absolute Gasteiger partial charge is 0.398 e. The third kappa shape index (κ3) is 2.84. The second-order valence-corrected chi connectivity index (χ2v) is 5.31. The van der Waals surface area contributed by atoms with Gasteiger partial charge in [0.25, 0.3) is 0 Å². The molecule has 0 unspecified atom stereocenters. The van der Waals surface area contributed by atoms with Crippen molar-refractivity contribution in [3.05, 3.63) is 23.2 Å². The van der Waals surface area contributed by atoms with Crippen molar-refractivity contribution in [1.82, 2.24) is 0 Å². The molecule has 0 fully saturated rings. The molecule has 0 radical (unpaired) electrons. The third-order valence-corrected chi connectivity index (χ3v) is 3.63. The van der Waals surface area contributed by atoms with Crippen LogP contribution in [-0.4, -0.2) is 20.1 Å². The lowest BCUT2D eigenvalue weighted by Gasteiger charge is -2.03. The molecule has 0 aliphatic rings. The number of carbonyl (C=O) groups is 1. The van der Waals surface area contributed by atoms with Crippen LogP contribution in [0.2, 0.25) is 5.02 Å². The number of carbonyl (C=O) groups excluding carboxylic acids is 1. The summed E-state index contributed by atoms with van der Waals surface area (Å²) in [6.07, 6.45) is 0. The first-order chi connectivity index (χ1) is 6.83. The summed E-state index contributed by atoms with van der Waals surface area (Å²) in [6, 6.07) is 3.82. The van der Waals surface area contributed by atoms with Crippen LogP contribution >= 0.6 is 11.6 Å². The first kappa shape index (κ1) is 11.8. The average Bonchev–Trinajstić information content (AvgIpc) is 2.07. The topological polar surface area (TPSA) is 103 Å². The van der Waals surface area contributed by atoms with E-state index in [0.717, 1.165) is 0 Å². The second kappa shape index (κ2) is 4.08. The molecular formula is C8H9ClN2O3S. The molecule has 7 heteroatoms. The Labute approximate surface area is 91.9 Å². The van der Waals surface area contributed by atoms with Crippen LogP contribution in [0, 0.1) is 0 Å². The fourth-order valence-corrected chi connectivity index (χ4v) is 2.33. The van der Waals surface area contributed by atoms with E-state index in [9.17, 15) is 13.2 Å². The van der Waals surface area contributed by atoms with Gasteiger partial charge in [-0.25, -0.2) is 8.42 Å². The Morgan fingerprint density at radius 2 is 2.00 bits per heavy atom. The van der Waals surface area contributed by atoms with Crippen molar-refractivity contribution in [3.8, 4) is 0 Å². The number of halogens is 1. The lowest BCUT2D eigenvalue weighted by Crippen LogP contribution is -2.23. The van der Waals surface area contributed by atoms with Gasteiger partial charge in [0.15, 0.2) is 9.84 Å². The van der Waals surface area contributed by atoms with Gasteiger partial charge in [-0.05, 0) is 18.2 Å². The lowest BCUT2D eigenvalue weighted by atomic mass is 10.3. The number of nitrogens with two attached hydrogens (primary N) is 2. The SMILES string of the molecule is NC(=O)CS(=O)(=O)c1ccc(N)c(Cl)c1. The monoisotopic (exact) mass is 248 g/mol. The molecule has 0 bridgehead atoms. The predicted octanol–water partition coefficient (Wildman–Crippen LogP) is 0.181. The van der Waals surface area contributed by atoms with Gasteiger partial charge in [-0.15, -0.1) is 0 Å². The molecule has 1 rings (SSSR count). The average molecular weight is 249 g/mol. The van der Waals surface area contributed by atoms with Crippen molar-refractivity contribution in [2.75, 3.05) is 11.5 Å². The molecule has 15 heavy (non-hydrogen) atoms. The van der Waals surface area contributed by atoms with Gasteiger partial charge in [-0.2, -0.15) is 0 Å². The summed E-state index contributed by atoms with van der Waals surface area (Å²) in [7, 11) is -3.71.